The van der Waals surface area contributed by atoms with Crippen molar-refractivity contribution in [2.24, 2.45) is 0 Å². The summed E-state index contributed by atoms with van der Waals surface area (Å²) in [7, 11) is 0. The first-order valence-corrected chi connectivity index (χ1v) is 5.29. The zero-order chi connectivity index (χ0) is 12.4. The van der Waals surface area contributed by atoms with E-state index >= 15 is 0 Å². The molecular formula is C11H14N4O2. The summed E-state index contributed by atoms with van der Waals surface area (Å²) in [5.74, 6) is 0.907. The van der Waals surface area contributed by atoms with E-state index in [9.17, 15) is 4.79 Å². The van der Waals surface area contributed by atoms with Crippen LogP contribution in [0.3, 0.4) is 0 Å². The van der Waals surface area contributed by atoms with E-state index in [0.29, 0.717) is 11.6 Å². The Balaban J connectivity index is 2.00. The van der Waals surface area contributed by atoms with Crippen molar-refractivity contribution in [1.29, 1.82) is 0 Å². The molecule has 1 amide bonds. The minimum atomic E-state index is -0.176. The first kappa shape index (κ1) is 11.4. The summed E-state index contributed by atoms with van der Waals surface area (Å²) in [6, 6.07) is 3.59. The van der Waals surface area contributed by atoms with Crippen LogP contribution in [0.1, 0.15) is 17.1 Å². The molecule has 0 radical (unpaired) electrons. The fraction of sp³-hybridized carbons (Fsp3) is 0.364. The Hall–Kier alpha value is -2.11. The standard InChI is InChI=1S/C11H14N4O2/c1-7-4-8(2)15(13-7)6-11(16)12-10-5-9(3)17-14-10/h4-5H,6H2,1-3H3,(H,12,14,16). The molecule has 0 aliphatic rings. The van der Waals surface area contributed by atoms with Crippen LogP contribution in [-0.4, -0.2) is 20.8 Å². The number of carbonyl (C=O) groups excluding carboxylic acids is 1. The van der Waals surface area contributed by atoms with Gasteiger partial charge in [-0.1, -0.05) is 5.16 Å². The number of nitrogens with one attached hydrogen (secondary N) is 1. The zero-order valence-electron chi connectivity index (χ0n) is 10.0. The molecule has 1 N–H and O–H groups in total. The van der Waals surface area contributed by atoms with Crippen molar-refractivity contribution < 1.29 is 9.32 Å². The summed E-state index contributed by atoms with van der Waals surface area (Å²) in [6.07, 6.45) is 0. The lowest BCUT2D eigenvalue weighted by Gasteiger charge is -2.03. The molecule has 0 atom stereocenters. The monoisotopic (exact) mass is 234 g/mol. The zero-order valence-corrected chi connectivity index (χ0v) is 10.0. The molecule has 0 aliphatic carbocycles. The first-order chi connectivity index (χ1) is 8.04. The minimum absolute atomic E-state index is 0.172. The molecule has 0 aromatic carbocycles. The highest BCUT2D eigenvalue weighted by atomic mass is 16.5. The first-order valence-electron chi connectivity index (χ1n) is 5.29. The van der Waals surface area contributed by atoms with E-state index in [0.717, 1.165) is 11.4 Å². The summed E-state index contributed by atoms with van der Waals surface area (Å²) < 4.78 is 6.51. The molecule has 2 aromatic rings. The van der Waals surface area contributed by atoms with Crippen molar-refractivity contribution in [3.63, 3.8) is 0 Å². The minimum Gasteiger partial charge on any atom is -0.360 e. The third-order valence-electron chi connectivity index (χ3n) is 2.29. The fourth-order valence-electron chi connectivity index (χ4n) is 1.58. The van der Waals surface area contributed by atoms with Gasteiger partial charge in [0.1, 0.15) is 12.3 Å². The van der Waals surface area contributed by atoms with Gasteiger partial charge in [0.15, 0.2) is 5.82 Å². The molecule has 2 heterocycles. The van der Waals surface area contributed by atoms with Gasteiger partial charge in [0.2, 0.25) is 5.91 Å². The summed E-state index contributed by atoms with van der Waals surface area (Å²) in [5, 5.41) is 10.5. The highest BCUT2D eigenvalue weighted by molar-refractivity contribution is 5.89. The van der Waals surface area contributed by atoms with Crippen LogP contribution in [0.4, 0.5) is 5.82 Å². The Morgan fingerprint density at radius 3 is 2.71 bits per heavy atom. The molecular weight excluding hydrogens is 220 g/mol. The number of anilines is 1. The molecule has 90 valence electrons. The third-order valence-corrected chi connectivity index (χ3v) is 2.29. The van der Waals surface area contributed by atoms with Crippen LogP contribution in [0.25, 0.3) is 0 Å². The number of nitrogens with zero attached hydrogens (tertiary/aromatic N) is 3. The van der Waals surface area contributed by atoms with Gasteiger partial charge in [-0.15, -0.1) is 0 Å². The van der Waals surface area contributed by atoms with Crippen molar-refractivity contribution in [2.45, 2.75) is 27.3 Å². The second-order valence-corrected chi connectivity index (χ2v) is 3.96. The maximum absolute atomic E-state index is 11.7. The van der Waals surface area contributed by atoms with E-state index in [2.05, 4.69) is 15.6 Å². The van der Waals surface area contributed by atoms with Crippen molar-refractivity contribution in [2.75, 3.05) is 5.32 Å². The van der Waals surface area contributed by atoms with Gasteiger partial charge in [-0.05, 0) is 26.8 Å². The molecule has 0 unspecified atom stereocenters. The molecule has 6 nitrogen and oxygen atoms in total. The summed E-state index contributed by atoms with van der Waals surface area (Å²) in [4.78, 5) is 11.7. The lowest BCUT2D eigenvalue weighted by molar-refractivity contribution is -0.117. The average molecular weight is 234 g/mol. The van der Waals surface area contributed by atoms with Crippen molar-refractivity contribution in [3.05, 3.63) is 29.3 Å². The Bertz CT molecular complexity index is 541. The maximum Gasteiger partial charge on any atom is 0.247 e. The van der Waals surface area contributed by atoms with Crippen LogP contribution in [0.5, 0.6) is 0 Å². The van der Waals surface area contributed by atoms with E-state index in [1.54, 1.807) is 17.7 Å². The number of aromatic nitrogens is 3. The second kappa shape index (κ2) is 4.40. The third kappa shape index (κ3) is 2.72. The van der Waals surface area contributed by atoms with Crippen molar-refractivity contribution in [3.8, 4) is 0 Å². The molecule has 2 aromatic heterocycles. The van der Waals surface area contributed by atoms with Crippen LogP contribution in [-0.2, 0) is 11.3 Å². The van der Waals surface area contributed by atoms with E-state index in [-0.39, 0.29) is 12.5 Å². The highest BCUT2D eigenvalue weighted by Gasteiger charge is 2.09. The van der Waals surface area contributed by atoms with Gasteiger partial charge < -0.3 is 9.84 Å². The lowest BCUT2D eigenvalue weighted by Crippen LogP contribution is -2.20. The predicted octanol–water partition coefficient (Wildman–Crippen LogP) is 1.44. The number of amides is 1. The number of carbonyl (C=O) groups is 1. The molecule has 0 fully saturated rings. The van der Waals surface area contributed by atoms with Crippen molar-refractivity contribution in [1.82, 2.24) is 14.9 Å². The molecule has 0 bridgehead atoms. The number of hydrogen-bond donors (Lipinski definition) is 1. The maximum atomic E-state index is 11.7. The van der Waals surface area contributed by atoms with Crippen LogP contribution >= 0.6 is 0 Å². The van der Waals surface area contributed by atoms with Crippen LogP contribution < -0.4 is 5.32 Å². The number of hydrogen-bond acceptors (Lipinski definition) is 4. The van der Waals surface area contributed by atoms with Gasteiger partial charge in [0, 0.05) is 11.8 Å². The largest absolute Gasteiger partial charge is 0.360 e. The normalized spacial score (nSPS) is 10.5. The molecule has 0 saturated carbocycles. The van der Waals surface area contributed by atoms with Crippen molar-refractivity contribution >= 4 is 11.7 Å². The van der Waals surface area contributed by atoms with E-state index in [1.807, 2.05) is 19.9 Å². The van der Waals surface area contributed by atoms with Gasteiger partial charge in [-0.25, -0.2) is 0 Å². The highest BCUT2D eigenvalue weighted by Crippen LogP contribution is 2.07. The Morgan fingerprint density at radius 1 is 1.41 bits per heavy atom. The topological polar surface area (TPSA) is 73.0 Å². The van der Waals surface area contributed by atoms with Gasteiger partial charge >= 0.3 is 0 Å². The van der Waals surface area contributed by atoms with Crippen LogP contribution in [0.2, 0.25) is 0 Å². The van der Waals surface area contributed by atoms with E-state index in [1.165, 1.54) is 0 Å². The van der Waals surface area contributed by atoms with E-state index < -0.39 is 0 Å². The van der Waals surface area contributed by atoms with E-state index in [4.69, 9.17) is 4.52 Å². The van der Waals surface area contributed by atoms with Gasteiger partial charge in [0.25, 0.3) is 0 Å². The fourth-order valence-corrected chi connectivity index (χ4v) is 1.58. The molecule has 6 heteroatoms. The quantitative estimate of drug-likeness (QED) is 0.872. The number of rotatable bonds is 3. The smallest absolute Gasteiger partial charge is 0.247 e. The molecule has 0 spiro atoms. The molecule has 0 saturated heterocycles. The number of aryl methyl sites for hydroxylation is 3. The Labute approximate surface area is 98.6 Å². The molecule has 0 aliphatic heterocycles. The lowest BCUT2D eigenvalue weighted by atomic mass is 10.4. The average Bonchev–Trinajstić information content (AvgIpc) is 2.74. The summed E-state index contributed by atoms with van der Waals surface area (Å²) >= 11 is 0. The SMILES string of the molecule is Cc1cc(C)n(CC(=O)Nc2cc(C)on2)n1. The van der Waals surface area contributed by atoms with Gasteiger partial charge in [-0.2, -0.15) is 5.10 Å². The summed E-state index contributed by atoms with van der Waals surface area (Å²) in [5.41, 5.74) is 1.85. The van der Waals surface area contributed by atoms with Crippen LogP contribution in [0, 0.1) is 20.8 Å². The second-order valence-electron chi connectivity index (χ2n) is 3.96. The predicted molar refractivity (Wildman–Crippen MR) is 61.6 cm³/mol. The van der Waals surface area contributed by atoms with Gasteiger partial charge in [0.05, 0.1) is 5.69 Å². The summed E-state index contributed by atoms with van der Waals surface area (Å²) in [6.45, 7) is 5.74. The van der Waals surface area contributed by atoms with Crippen LogP contribution in [0.15, 0.2) is 16.7 Å². The Morgan fingerprint density at radius 2 is 2.18 bits per heavy atom. The van der Waals surface area contributed by atoms with Gasteiger partial charge in [-0.3, -0.25) is 9.48 Å². The molecule has 2 rings (SSSR count). The Kier molecular flexibility index (Phi) is 2.95. The molecule has 17 heavy (non-hydrogen) atoms.